The predicted octanol–water partition coefficient (Wildman–Crippen LogP) is 3.42. The lowest BCUT2D eigenvalue weighted by molar-refractivity contribution is 0.326. The van der Waals surface area contributed by atoms with Crippen LogP contribution in [-0.4, -0.2) is 58.9 Å². The van der Waals surface area contributed by atoms with Gasteiger partial charge in [0.1, 0.15) is 5.75 Å². The summed E-state index contributed by atoms with van der Waals surface area (Å²) in [6.07, 6.45) is 7.17. The van der Waals surface area contributed by atoms with Crippen molar-refractivity contribution >= 4 is 5.95 Å². The number of anilines is 1. The van der Waals surface area contributed by atoms with Crippen molar-refractivity contribution in [2.75, 3.05) is 39.2 Å². The first-order chi connectivity index (χ1) is 14.6. The SMILES string of the molecule is CCn1cc(CN2CCC(c3nc(N(C)C)ncc3-c3cccc(OC)c3)C2)cn1. The van der Waals surface area contributed by atoms with Crippen molar-refractivity contribution in [3.05, 3.63) is 54.1 Å². The topological polar surface area (TPSA) is 59.3 Å². The van der Waals surface area contributed by atoms with Crippen LogP contribution in [0.4, 0.5) is 5.95 Å². The van der Waals surface area contributed by atoms with E-state index < -0.39 is 0 Å². The van der Waals surface area contributed by atoms with Crippen LogP contribution in [0.15, 0.2) is 42.9 Å². The van der Waals surface area contributed by atoms with Gasteiger partial charge in [0.15, 0.2) is 0 Å². The van der Waals surface area contributed by atoms with E-state index in [9.17, 15) is 0 Å². The predicted molar refractivity (Wildman–Crippen MR) is 119 cm³/mol. The number of ether oxygens (including phenoxy) is 1. The molecule has 0 aliphatic carbocycles. The maximum Gasteiger partial charge on any atom is 0.225 e. The molecule has 3 heterocycles. The largest absolute Gasteiger partial charge is 0.497 e. The Hall–Kier alpha value is -2.93. The van der Waals surface area contributed by atoms with E-state index in [4.69, 9.17) is 9.72 Å². The average Bonchev–Trinajstić information content (AvgIpc) is 3.43. The molecule has 0 radical (unpaired) electrons. The second kappa shape index (κ2) is 8.83. The molecule has 1 saturated heterocycles. The van der Waals surface area contributed by atoms with Crippen molar-refractivity contribution in [3.8, 4) is 16.9 Å². The monoisotopic (exact) mass is 406 g/mol. The summed E-state index contributed by atoms with van der Waals surface area (Å²) in [4.78, 5) is 14.0. The number of nitrogens with zero attached hydrogens (tertiary/aromatic N) is 6. The number of aryl methyl sites for hydroxylation is 1. The van der Waals surface area contributed by atoms with Crippen LogP contribution in [0.3, 0.4) is 0 Å². The first kappa shape index (κ1) is 20.3. The number of likely N-dealkylation sites (tertiary alicyclic amines) is 1. The summed E-state index contributed by atoms with van der Waals surface area (Å²) in [6, 6.07) is 8.14. The summed E-state index contributed by atoms with van der Waals surface area (Å²) in [5, 5.41) is 4.41. The van der Waals surface area contributed by atoms with Crippen molar-refractivity contribution in [1.82, 2.24) is 24.6 Å². The van der Waals surface area contributed by atoms with Gasteiger partial charge in [-0.25, -0.2) is 9.97 Å². The average molecular weight is 407 g/mol. The maximum absolute atomic E-state index is 5.43. The minimum absolute atomic E-state index is 0.370. The molecule has 1 aliphatic rings. The van der Waals surface area contributed by atoms with E-state index in [0.717, 1.165) is 61.1 Å². The summed E-state index contributed by atoms with van der Waals surface area (Å²) < 4.78 is 7.42. The normalized spacial score (nSPS) is 16.7. The van der Waals surface area contributed by atoms with Crippen LogP contribution in [0.1, 0.15) is 30.5 Å². The smallest absolute Gasteiger partial charge is 0.225 e. The van der Waals surface area contributed by atoms with Crippen LogP contribution >= 0.6 is 0 Å². The highest BCUT2D eigenvalue weighted by Crippen LogP contribution is 2.35. The van der Waals surface area contributed by atoms with Gasteiger partial charge in [0.2, 0.25) is 5.95 Å². The van der Waals surface area contributed by atoms with Gasteiger partial charge >= 0.3 is 0 Å². The van der Waals surface area contributed by atoms with Gasteiger partial charge < -0.3 is 9.64 Å². The van der Waals surface area contributed by atoms with Crippen molar-refractivity contribution in [2.24, 2.45) is 0 Å². The Kier molecular flexibility index (Phi) is 5.99. The summed E-state index contributed by atoms with van der Waals surface area (Å²) in [5.41, 5.74) is 4.57. The molecule has 2 aromatic heterocycles. The van der Waals surface area contributed by atoms with Gasteiger partial charge in [0.05, 0.1) is 19.0 Å². The standard InChI is InChI=1S/C23H30N6O/c1-5-29-15-17(12-25-29)14-28-10-9-19(16-28)22-21(13-24-23(26-22)27(2)3)18-7-6-8-20(11-18)30-4/h6-8,11-13,15,19H,5,9-10,14,16H2,1-4H3. The number of aromatic nitrogens is 4. The molecule has 0 saturated carbocycles. The number of methoxy groups -OCH3 is 1. The van der Waals surface area contributed by atoms with Gasteiger partial charge in [-0.05, 0) is 37.6 Å². The Morgan fingerprint density at radius 1 is 1.23 bits per heavy atom. The fourth-order valence-corrected chi connectivity index (χ4v) is 4.04. The molecule has 1 unspecified atom stereocenters. The van der Waals surface area contributed by atoms with Crippen LogP contribution in [0, 0.1) is 0 Å². The molecule has 1 fully saturated rings. The minimum Gasteiger partial charge on any atom is -0.497 e. The second-order valence-electron chi connectivity index (χ2n) is 8.02. The molecule has 3 aromatic rings. The van der Waals surface area contributed by atoms with E-state index in [1.807, 2.05) is 48.2 Å². The molecule has 7 heteroatoms. The van der Waals surface area contributed by atoms with E-state index in [1.165, 1.54) is 5.56 Å². The molecule has 7 nitrogen and oxygen atoms in total. The van der Waals surface area contributed by atoms with Crippen LogP contribution in [0.25, 0.3) is 11.1 Å². The summed E-state index contributed by atoms with van der Waals surface area (Å²) in [5.74, 6) is 1.96. The molecular formula is C23H30N6O. The van der Waals surface area contributed by atoms with Gasteiger partial charge in [-0.2, -0.15) is 5.10 Å². The zero-order chi connectivity index (χ0) is 21.1. The summed E-state index contributed by atoms with van der Waals surface area (Å²) in [6.45, 7) is 5.98. The molecule has 0 spiro atoms. The van der Waals surface area contributed by atoms with Crippen LogP contribution in [-0.2, 0) is 13.1 Å². The third-order valence-corrected chi connectivity index (χ3v) is 5.66. The Balaban J connectivity index is 1.60. The lowest BCUT2D eigenvalue weighted by atomic mass is 9.96. The van der Waals surface area contributed by atoms with Crippen LogP contribution in [0.5, 0.6) is 5.75 Å². The lowest BCUT2D eigenvalue weighted by Crippen LogP contribution is -2.20. The fraction of sp³-hybridized carbons (Fsp3) is 0.435. The Morgan fingerprint density at radius 3 is 2.83 bits per heavy atom. The molecule has 1 aliphatic heterocycles. The first-order valence-electron chi connectivity index (χ1n) is 10.5. The molecule has 0 N–H and O–H groups in total. The highest BCUT2D eigenvalue weighted by atomic mass is 16.5. The van der Waals surface area contributed by atoms with E-state index >= 15 is 0 Å². The molecule has 4 rings (SSSR count). The molecule has 1 aromatic carbocycles. The third kappa shape index (κ3) is 4.31. The number of rotatable bonds is 7. The minimum atomic E-state index is 0.370. The highest BCUT2D eigenvalue weighted by Gasteiger charge is 2.28. The quantitative estimate of drug-likeness (QED) is 0.599. The fourth-order valence-electron chi connectivity index (χ4n) is 4.04. The van der Waals surface area contributed by atoms with Gasteiger partial charge in [0, 0.05) is 63.2 Å². The molecule has 158 valence electrons. The Labute approximate surface area is 178 Å². The van der Waals surface area contributed by atoms with E-state index in [0.29, 0.717) is 5.92 Å². The molecule has 1 atom stereocenters. The van der Waals surface area contributed by atoms with Crippen LogP contribution < -0.4 is 9.64 Å². The van der Waals surface area contributed by atoms with Crippen molar-refractivity contribution in [3.63, 3.8) is 0 Å². The number of hydrogen-bond acceptors (Lipinski definition) is 6. The maximum atomic E-state index is 5.43. The zero-order valence-electron chi connectivity index (χ0n) is 18.2. The third-order valence-electron chi connectivity index (χ3n) is 5.66. The lowest BCUT2D eigenvalue weighted by Gasteiger charge is -2.19. The van der Waals surface area contributed by atoms with E-state index in [1.54, 1.807) is 7.11 Å². The molecule has 0 bridgehead atoms. The number of hydrogen-bond donors (Lipinski definition) is 0. The second-order valence-corrected chi connectivity index (χ2v) is 8.02. The molecule has 30 heavy (non-hydrogen) atoms. The zero-order valence-corrected chi connectivity index (χ0v) is 18.2. The van der Waals surface area contributed by atoms with Gasteiger partial charge in [-0.15, -0.1) is 0 Å². The summed E-state index contributed by atoms with van der Waals surface area (Å²) >= 11 is 0. The van der Waals surface area contributed by atoms with E-state index in [-0.39, 0.29) is 0 Å². The molecular weight excluding hydrogens is 376 g/mol. The highest BCUT2D eigenvalue weighted by molar-refractivity contribution is 5.68. The van der Waals surface area contributed by atoms with Crippen molar-refractivity contribution in [2.45, 2.75) is 32.4 Å². The van der Waals surface area contributed by atoms with Crippen molar-refractivity contribution < 1.29 is 4.74 Å². The summed E-state index contributed by atoms with van der Waals surface area (Å²) in [7, 11) is 5.66. The Morgan fingerprint density at radius 2 is 2.10 bits per heavy atom. The van der Waals surface area contributed by atoms with E-state index in [2.05, 4.69) is 40.2 Å². The Bertz CT molecular complexity index is 999. The van der Waals surface area contributed by atoms with Crippen LogP contribution in [0.2, 0.25) is 0 Å². The first-order valence-corrected chi connectivity index (χ1v) is 10.5. The number of benzene rings is 1. The van der Waals surface area contributed by atoms with Crippen molar-refractivity contribution in [1.29, 1.82) is 0 Å². The van der Waals surface area contributed by atoms with Gasteiger partial charge in [0.25, 0.3) is 0 Å². The molecule has 0 amide bonds. The van der Waals surface area contributed by atoms with Gasteiger partial charge in [-0.3, -0.25) is 9.58 Å². The van der Waals surface area contributed by atoms with Gasteiger partial charge in [-0.1, -0.05) is 12.1 Å².